The van der Waals surface area contributed by atoms with Gasteiger partial charge in [0.25, 0.3) is 11.1 Å². The molecule has 0 spiro atoms. The van der Waals surface area contributed by atoms with Crippen molar-refractivity contribution in [3.05, 3.63) is 125 Å². The Kier molecular flexibility index (Phi) is 9.71. The quantitative estimate of drug-likeness (QED) is 0.220. The molecular weight excluding hydrogens is 476 g/mol. The highest BCUT2D eigenvalue weighted by Crippen LogP contribution is 2.04. The van der Waals surface area contributed by atoms with E-state index in [-0.39, 0.29) is 0 Å². The molecule has 4 aromatic heterocycles. The van der Waals surface area contributed by atoms with Crippen LogP contribution in [-0.4, -0.2) is 31.9 Å². The molecule has 0 aliphatic rings. The summed E-state index contributed by atoms with van der Waals surface area (Å²) in [4.78, 5) is 75.2. The van der Waals surface area contributed by atoms with Crippen molar-refractivity contribution in [3.63, 3.8) is 0 Å². The Bertz CT molecular complexity index is 1390. The van der Waals surface area contributed by atoms with Gasteiger partial charge < -0.3 is 29.8 Å². The first-order chi connectivity index (χ1) is 17.1. The number of aromatic amines is 6. The van der Waals surface area contributed by atoms with Crippen molar-refractivity contribution in [1.82, 2.24) is 19.9 Å². The highest BCUT2D eigenvalue weighted by Gasteiger charge is 1.96. The smallest absolute Gasteiger partial charge is 0.326 e. The summed E-state index contributed by atoms with van der Waals surface area (Å²) in [7, 11) is 0. The van der Waals surface area contributed by atoms with Gasteiger partial charge in [-0.1, -0.05) is 12.2 Å². The maximum Gasteiger partial charge on any atom is 0.326 e. The number of aromatic nitrogens is 6. The van der Waals surface area contributed by atoms with Crippen molar-refractivity contribution in [2.24, 2.45) is 0 Å². The molecule has 6 N–H and O–H groups in total. The van der Waals surface area contributed by atoms with E-state index in [2.05, 4.69) is 22.1 Å². The molecule has 0 saturated heterocycles. The van der Waals surface area contributed by atoms with Gasteiger partial charge in [-0.2, -0.15) is 0 Å². The maximum absolute atomic E-state index is 10.4. The molecule has 184 valence electrons. The van der Waals surface area contributed by atoms with E-state index in [4.69, 9.17) is 0 Å². The SMILES string of the molecule is C(=C\c1cc[nH+]cc1)/c1cc[nH+]cc1.O=C([O-])c1cc(=O)[nH]c(=O)[nH]1.O=C([O-])c1cc(=O)[nH]c(=O)[nH]1. The van der Waals surface area contributed by atoms with Gasteiger partial charge in [-0.25, -0.2) is 19.6 Å². The predicted molar refractivity (Wildman–Crippen MR) is 119 cm³/mol. The van der Waals surface area contributed by atoms with Crippen molar-refractivity contribution in [2.45, 2.75) is 0 Å². The number of pyridine rings is 2. The first kappa shape index (κ1) is 26.6. The van der Waals surface area contributed by atoms with Crippen LogP contribution < -0.4 is 42.7 Å². The molecule has 0 aromatic carbocycles. The van der Waals surface area contributed by atoms with Crippen LogP contribution in [0.1, 0.15) is 32.1 Å². The third-order valence-corrected chi connectivity index (χ3v) is 3.92. The number of hydrogen-bond donors (Lipinski definition) is 4. The summed E-state index contributed by atoms with van der Waals surface area (Å²) < 4.78 is 0. The number of carbonyl (C=O) groups is 2. The van der Waals surface area contributed by atoms with E-state index >= 15 is 0 Å². The molecule has 0 fully saturated rings. The number of carboxylic acid groups (broad SMARTS) is 2. The second-order valence-electron chi connectivity index (χ2n) is 6.58. The first-order valence-electron chi connectivity index (χ1n) is 9.84. The van der Waals surface area contributed by atoms with Crippen LogP contribution in [0.3, 0.4) is 0 Å². The Labute approximate surface area is 199 Å². The minimum absolute atomic E-state index is 0.529. The summed E-state index contributed by atoms with van der Waals surface area (Å²) in [6.07, 6.45) is 11.8. The van der Waals surface area contributed by atoms with Crippen molar-refractivity contribution in [1.29, 1.82) is 0 Å². The van der Waals surface area contributed by atoms with Crippen LogP contribution in [0.5, 0.6) is 0 Å². The van der Waals surface area contributed by atoms with Gasteiger partial charge in [-0.3, -0.25) is 19.6 Å². The maximum atomic E-state index is 10.4. The molecule has 4 aromatic rings. The number of rotatable bonds is 4. The Morgan fingerprint density at radius 3 is 1.22 bits per heavy atom. The number of H-pyrrole nitrogens is 6. The second-order valence-corrected chi connectivity index (χ2v) is 6.58. The third-order valence-electron chi connectivity index (χ3n) is 3.92. The van der Waals surface area contributed by atoms with Crippen molar-refractivity contribution < 1.29 is 29.8 Å². The monoisotopic (exact) mass is 494 g/mol. The van der Waals surface area contributed by atoms with Gasteiger partial charge in [0.1, 0.15) is 0 Å². The number of carboxylic acids is 2. The highest BCUT2D eigenvalue weighted by atomic mass is 16.4. The van der Waals surface area contributed by atoms with Crippen LogP contribution >= 0.6 is 0 Å². The number of nitrogens with one attached hydrogen (secondary N) is 6. The zero-order valence-corrected chi connectivity index (χ0v) is 18.2. The van der Waals surface area contributed by atoms with E-state index < -0.39 is 45.8 Å². The van der Waals surface area contributed by atoms with Gasteiger partial charge in [0, 0.05) is 36.4 Å². The number of hydrogen-bond acceptors (Lipinski definition) is 8. The van der Waals surface area contributed by atoms with E-state index in [1.165, 1.54) is 11.1 Å². The fraction of sp³-hybridized carbons (Fsp3) is 0. The lowest BCUT2D eigenvalue weighted by molar-refractivity contribution is -0.378. The summed E-state index contributed by atoms with van der Waals surface area (Å²) in [5, 5.41) is 20.1. The first-order valence-corrected chi connectivity index (χ1v) is 9.84. The van der Waals surface area contributed by atoms with E-state index in [9.17, 15) is 39.0 Å². The Morgan fingerprint density at radius 1 is 0.611 bits per heavy atom. The standard InChI is InChI=1S/C12H10N2.2C5H4N2O4/c1(11-3-7-13-8-4-11)2-12-5-9-14-10-6-12;2*8-3-1-2(4(9)10)6-5(11)7-3/h1-10H;2*1H,(H,9,10)(H2,6,7,8,11)/b2-1+;;. The topological polar surface area (TPSA) is 240 Å². The largest absolute Gasteiger partial charge is 0.543 e. The molecule has 14 nitrogen and oxygen atoms in total. The predicted octanol–water partition coefficient (Wildman–Crippen LogP) is -3.66. The van der Waals surface area contributed by atoms with Gasteiger partial charge in [0.05, 0.1) is 23.3 Å². The number of aromatic carboxylic acids is 2. The minimum atomic E-state index is -1.59. The zero-order valence-electron chi connectivity index (χ0n) is 18.2. The Hall–Kier alpha value is -5.66. The molecule has 36 heavy (non-hydrogen) atoms. The van der Waals surface area contributed by atoms with Crippen LogP contribution in [0.4, 0.5) is 0 Å². The van der Waals surface area contributed by atoms with Crippen LogP contribution in [0.25, 0.3) is 12.2 Å². The highest BCUT2D eigenvalue weighted by molar-refractivity contribution is 5.83. The van der Waals surface area contributed by atoms with Crippen molar-refractivity contribution in [3.8, 4) is 0 Å². The molecule has 0 amide bonds. The van der Waals surface area contributed by atoms with E-state index in [0.29, 0.717) is 0 Å². The fourth-order valence-electron chi connectivity index (χ4n) is 2.37. The van der Waals surface area contributed by atoms with Gasteiger partial charge in [-0.05, 0) is 11.1 Å². The Balaban J connectivity index is 0.000000193. The summed E-state index contributed by atoms with van der Waals surface area (Å²) in [6, 6.07) is 9.60. The molecule has 0 radical (unpaired) electrons. The second kappa shape index (κ2) is 13.1. The van der Waals surface area contributed by atoms with Gasteiger partial charge in [-0.15, -0.1) is 0 Å². The van der Waals surface area contributed by atoms with Crippen LogP contribution in [-0.2, 0) is 0 Å². The average molecular weight is 494 g/mol. The Morgan fingerprint density at radius 2 is 0.944 bits per heavy atom. The van der Waals surface area contributed by atoms with Crippen LogP contribution in [0, 0.1) is 0 Å². The van der Waals surface area contributed by atoms with E-state index in [0.717, 1.165) is 12.1 Å². The van der Waals surface area contributed by atoms with Gasteiger partial charge in [0.2, 0.25) is 0 Å². The zero-order chi connectivity index (χ0) is 26.5. The summed E-state index contributed by atoms with van der Waals surface area (Å²) in [5.41, 5.74) is -1.94. The molecular formula is C22H18N6O8. The van der Waals surface area contributed by atoms with Crippen LogP contribution in [0.2, 0.25) is 0 Å². The molecule has 0 aliphatic heterocycles. The van der Waals surface area contributed by atoms with Crippen LogP contribution in [0.15, 0.2) is 80.4 Å². The molecule has 0 bridgehead atoms. The normalized spacial score (nSPS) is 9.89. The van der Waals surface area contributed by atoms with Gasteiger partial charge >= 0.3 is 11.4 Å². The summed E-state index contributed by atoms with van der Waals surface area (Å²) in [5.74, 6) is -3.18. The molecule has 0 saturated carbocycles. The third kappa shape index (κ3) is 9.45. The summed E-state index contributed by atoms with van der Waals surface area (Å²) in [6.45, 7) is 0. The van der Waals surface area contributed by atoms with Crippen molar-refractivity contribution in [2.75, 3.05) is 0 Å². The lowest BCUT2D eigenvalue weighted by Gasteiger charge is -1.97. The molecule has 0 atom stereocenters. The van der Waals surface area contributed by atoms with Crippen molar-refractivity contribution >= 4 is 24.1 Å². The molecule has 4 heterocycles. The van der Waals surface area contributed by atoms with Gasteiger partial charge in [0.15, 0.2) is 24.8 Å². The average Bonchev–Trinajstić information content (AvgIpc) is 2.84. The van der Waals surface area contributed by atoms with E-state index in [1.54, 1.807) is 0 Å². The fourth-order valence-corrected chi connectivity index (χ4v) is 2.37. The molecule has 0 aliphatic carbocycles. The molecule has 0 unspecified atom stereocenters. The number of carbonyl (C=O) groups excluding carboxylic acids is 2. The molecule has 14 heteroatoms. The minimum Gasteiger partial charge on any atom is -0.543 e. The molecule has 4 rings (SSSR count). The lowest BCUT2D eigenvalue weighted by Crippen LogP contribution is -2.31. The van der Waals surface area contributed by atoms with E-state index in [1.807, 2.05) is 69.0 Å². The lowest BCUT2D eigenvalue weighted by atomic mass is 10.2. The summed E-state index contributed by atoms with van der Waals surface area (Å²) >= 11 is 0.